The number of carbonyl (C=O) groups excluding carboxylic acids is 1. The zero-order valence-corrected chi connectivity index (χ0v) is 13.5. The van der Waals surface area contributed by atoms with Crippen molar-refractivity contribution in [2.75, 3.05) is 6.61 Å². The Morgan fingerprint density at radius 3 is 2.50 bits per heavy atom. The number of rotatable bonds is 4. The lowest BCUT2D eigenvalue weighted by Crippen LogP contribution is -2.31. The third-order valence-corrected chi connectivity index (χ3v) is 3.49. The number of benzene rings is 1. The van der Waals surface area contributed by atoms with Gasteiger partial charge in [0.25, 0.3) is 5.91 Å². The maximum Gasteiger partial charge on any atom is 0.274 e. The first kappa shape index (κ1) is 16.5. The SMILES string of the molecule is CC(C)(C)c1cc(C(=O)NC(CO)c2ccc(Cl)cc2)no1. The number of hydrogen-bond donors (Lipinski definition) is 2. The number of nitrogens with one attached hydrogen (secondary N) is 1. The van der Waals surface area contributed by atoms with E-state index in [2.05, 4.69) is 10.5 Å². The molecule has 2 N–H and O–H groups in total. The number of hydrogen-bond acceptors (Lipinski definition) is 4. The Balaban J connectivity index is 2.12. The maximum absolute atomic E-state index is 12.2. The van der Waals surface area contributed by atoms with Crippen LogP contribution in [0.4, 0.5) is 0 Å². The Morgan fingerprint density at radius 1 is 1.36 bits per heavy atom. The first-order chi connectivity index (χ1) is 10.3. The van der Waals surface area contributed by atoms with E-state index in [1.807, 2.05) is 20.8 Å². The van der Waals surface area contributed by atoms with Crippen molar-refractivity contribution in [2.24, 2.45) is 0 Å². The van der Waals surface area contributed by atoms with Crippen LogP contribution in [0.5, 0.6) is 0 Å². The van der Waals surface area contributed by atoms with Crippen LogP contribution in [0.1, 0.15) is 48.6 Å². The molecule has 1 heterocycles. The first-order valence-electron chi connectivity index (χ1n) is 6.95. The number of halogens is 1. The van der Waals surface area contributed by atoms with Gasteiger partial charge in [-0.15, -0.1) is 0 Å². The second-order valence-electron chi connectivity index (χ2n) is 6.09. The minimum atomic E-state index is -0.528. The standard InChI is InChI=1S/C16H19ClN2O3/c1-16(2,3)14-8-12(19-22-14)15(21)18-13(9-20)10-4-6-11(17)7-5-10/h4-8,13,20H,9H2,1-3H3,(H,18,21). The van der Waals surface area contributed by atoms with E-state index in [-0.39, 0.29) is 17.7 Å². The number of aliphatic hydroxyl groups is 1. The van der Waals surface area contributed by atoms with E-state index >= 15 is 0 Å². The molecule has 0 bridgehead atoms. The molecule has 1 unspecified atom stereocenters. The summed E-state index contributed by atoms with van der Waals surface area (Å²) in [6.07, 6.45) is 0. The predicted octanol–water partition coefficient (Wildman–Crippen LogP) is 3.09. The highest BCUT2D eigenvalue weighted by Gasteiger charge is 2.23. The van der Waals surface area contributed by atoms with Crippen molar-refractivity contribution in [3.8, 4) is 0 Å². The van der Waals surface area contributed by atoms with E-state index < -0.39 is 11.9 Å². The molecule has 1 atom stereocenters. The van der Waals surface area contributed by atoms with Gasteiger partial charge in [0, 0.05) is 16.5 Å². The summed E-state index contributed by atoms with van der Waals surface area (Å²) in [6, 6.07) is 8.02. The van der Waals surface area contributed by atoms with Crippen LogP contribution < -0.4 is 5.32 Å². The highest BCUT2D eigenvalue weighted by molar-refractivity contribution is 6.30. The van der Waals surface area contributed by atoms with Crippen LogP contribution in [0.3, 0.4) is 0 Å². The molecule has 2 aromatic rings. The molecule has 0 saturated heterocycles. The second-order valence-corrected chi connectivity index (χ2v) is 6.52. The fraction of sp³-hybridized carbons (Fsp3) is 0.375. The fourth-order valence-electron chi connectivity index (χ4n) is 1.90. The molecule has 5 nitrogen and oxygen atoms in total. The minimum Gasteiger partial charge on any atom is -0.394 e. The van der Waals surface area contributed by atoms with Crippen LogP contribution in [0.15, 0.2) is 34.9 Å². The van der Waals surface area contributed by atoms with Crippen molar-refractivity contribution < 1.29 is 14.4 Å². The quantitative estimate of drug-likeness (QED) is 0.907. The monoisotopic (exact) mass is 322 g/mol. The summed E-state index contributed by atoms with van der Waals surface area (Å²) in [5.41, 5.74) is 0.732. The topological polar surface area (TPSA) is 75.4 Å². The van der Waals surface area contributed by atoms with Gasteiger partial charge < -0.3 is 14.9 Å². The van der Waals surface area contributed by atoms with Gasteiger partial charge in [0.15, 0.2) is 5.69 Å². The predicted molar refractivity (Wildman–Crippen MR) is 83.9 cm³/mol. The molecular weight excluding hydrogens is 304 g/mol. The van der Waals surface area contributed by atoms with Crippen molar-refractivity contribution in [1.29, 1.82) is 0 Å². The van der Waals surface area contributed by atoms with Gasteiger partial charge >= 0.3 is 0 Å². The van der Waals surface area contributed by atoms with E-state index in [4.69, 9.17) is 16.1 Å². The van der Waals surface area contributed by atoms with Gasteiger partial charge in [0.05, 0.1) is 12.6 Å². The van der Waals surface area contributed by atoms with Crippen LogP contribution in [0.2, 0.25) is 5.02 Å². The van der Waals surface area contributed by atoms with Gasteiger partial charge in [-0.3, -0.25) is 4.79 Å². The molecule has 0 aliphatic rings. The largest absolute Gasteiger partial charge is 0.394 e. The van der Waals surface area contributed by atoms with E-state index in [0.717, 1.165) is 5.56 Å². The molecule has 0 fully saturated rings. The van der Waals surface area contributed by atoms with Crippen molar-refractivity contribution in [3.05, 3.63) is 52.4 Å². The van der Waals surface area contributed by atoms with Gasteiger partial charge in [-0.2, -0.15) is 0 Å². The molecule has 2 rings (SSSR count). The summed E-state index contributed by atoms with van der Waals surface area (Å²) in [5.74, 6) is 0.234. The Morgan fingerprint density at radius 2 is 2.00 bits per heavy atom. The molecular formula is C16H19ClN2O3. The van der Waals surface area contributed by atoms with Crippen LogP contribution in [0, 0.1) is 0 Å². The fourth-order valence-corrected chi connectivity index (χ4v) is 2.02. The summed E-state index contributed by atoms with van der Waals surface area (Å²) < 4.78 is 5.20. The lowest BCUT2D eigenvalue weighted by molar-refractivity contribution is 0.0906. The molecule has 0 radical (unpaired) electrons. The van der Waals surface area contributed by atoms with Crippen LogP contribution in [0.25, 0.3) is 0 Å². The summed E-state index contributed by atoms with van der Waals surface area (Å²) in [4.78, 5) is 12.2. The molecule has 0 aliphatic carbocycles. The Bertz CT molecular complexity index is 644. The third kappa shape index (κ3) is 3.87. The van der Waals surface area contributed by atoms with Crippen molar-refractivity contribution in [2.45, 2.75) is 32.2 Å². The van der Waals surface area contributed by atoms with Gasteiger partial charge in [0.1, 0.15) is 5.76 Å². The van der Waals surface area contributed by atoms with Gasteiger partial charge in [-0.1, -0.05) is 49.7 Å². The summed E-state index contributed by atoms with van der Waals surface area (Å²) in [6.45, 7) is 5.69. The van der Waals surface area contributed by atoms with Gasteiger partial charge in [0.2, 0.25) is 0 Å². The molecule has 1 aromatic heterocycles. The average Bonchev–Trinajstić information content (AvgIpc) is 2.95. The van der Waals surface area contributed by atoms with E-state index in [1.165, 1.54) is 0 Å². The smallest absolute Gasteiger partial charge is 0.274 e. The maximum atomic E-state index is 12.2. The number of nitrogens with zero attached hydrogens (tertiary/aromatic N) is 1. The van der Waals surface area contributed by atoms with Crippen molar-refractivity contribution in [3.63, 3.8) is 0 Å². The molecule has 1 aromatic carbocycles. The van der Waals surface area contributed by atoms with Gasteiger partial charge in [-0.05, 0) is 17.7 Å². The normalized spacial score (nSPS) is 13.0. The van der Waals surface area contributed by atoms with Crippen LogP contribution >= 0.6 is 11.6 Å². The number of aromatic nitrogens is 1. The van der Waals surface area contributed by atoms with Crippen LogP contribution in [-0.4, -0.2) is 22.8 Å². The highest BCUT2D eigenvalue weighted by Crippen LogP contribution is 2.23. The zero-order chi connectivity index (χ0) is 16.3. The van der Waals surface area contributed by atoms with Crippen LogP contribution in [-0.2, 0) is 5.41 Å². The molecule has 22 heavy (non-hydrogen) atoms. The Hall–Kier alpha value is -1.85. The molecule has 0 saturated carbocycles. The van der Waals surface area contributed by atoms with Crippen molar-refractivity contribution in [1.82, 2.24) is 10.5 Å². The Labute approximate surface area is 134 Å². The molecule has 0 aliphatic heterocycles. The number of aliphatic hydroxyl groups excluding tert-OH is 1. The molecule has 1 amide bonds. The third-order valence-electron chi connectivity index (χ3n) is 3.24. The number of carbonyl (C=O) groups is 1. The second kappa shape index (κ2) is 6.50. The van der Waals surface area contributed by atoms with E-state index in [0.29, 0.717) is 10.8 Å². The lowest BCUT2D eigenvalue weighted by atomic mass is 9.93. The molecule has 0 spiro atoms. The average molecular weight is 323 g/mol. The summed E-state index contributed by atoms with van der Waals surface area (Å²) >= 11 is 5.83. The summed E-state index contributed by atoms with van der Waals surface area (Å²) in [5, 5.41) is 16.6. The highest BCUT2D eigenvalue weighted by atomic mass is 35.5. The summed E-state index contributed by atoms with van der Waals surface area (Å²) in [7, 11) is 0. The van der Waals surface area contributed by atoms with Crippen molar-refractivity contribution >= 4 is 17.5 Å². The molecule has 6 heteroatoms. The minimum absolute atomic E-state index is 0.192. The molecule has 118 valence electrons. The first-order valence-corrected chi connectivity index (χ1v) is 7.33. The van der Waals surface area contributed by atoms with Gasteiger partial charge in [-0.25, -0.2) is 0 Å². The zero-order valence-electron chi connectivity index (χ0n) is 12.8. The van der Waals surface area contributed by atoms with E-state index in [1.54, 1.807) is 30.3 Å². The lowest BCUT2D eigenvalue weighted by Gasteiger charge is -2.16. The number of amides is 1. The van der Waals surface area contributed by atoms with E-state index in [9.17, 15) is 9.90 Å². The Kier molecular flexibility index (Phi) is 4.88.